The summed E-state index contributed by atoms with van der Waals surface area (Å²) >= 11 is 0. The Labute approximate surface area is 117 Å². The highest BCUT2D eigenvalue weighted by Gasteiger charge is 2.16. The molecule has 1 aliphatic carbocycles. The van der Waals surface area contributed by atoms with Gasteiger partial charge in [0.05, 0.1) is 0 Å². The Hall–Kier alpha value is -0.860. The van der Waals surface area contributed by atoms with Crippen LogP contribution in [0.25, 0.3) is 0 Å². The van der Waals surface area contributed by atoms with Crippen LogP contribution in [-0.2, 0) is 0 Å². The van der Waals surface area contributed by atoms with Gasteiger partial charge in [0.2, 0.25) is 0 Å². The molecule has 0 amide bonds. The molecule has 0 spiro atoms. The molecule has 2 unspecified atom stereocenters. The fourth-order valence-electron chi connectivity index (χ4n) is 3.23. The third-order valence-corrected chi connectivity index (χ3v) is 4.37. The standard InChI is InChI=1S/C17H28N2/c1-13(18)12-17(19-2)16-10-8-15(9-11-16)14-6-4-3-5-7-14/h8-11,13-14,17,19H,3-7,12,18H2,1-2H3. The Kier molecular flexibility index (Phi) is 5.41. The first-order valence-electron chi connectivity index (χ1n) is 7.73. The molecule has 0 heterocycles. The van der Waals surface area contributed by atoms with Gasteiger partial charge in [-0.1, -0.05) is 43.5 Å². The first kappa shape index (κ1) is 14.5. The van der Waals surface area contributed by atoms with Crippen LogP contribution in [0.2, 0.25) is 0 Å². The third-order valence-electron chi connectivity index (χ3n) is 4.37. The molecule has 1 fully saturated rings. The predicted molar refractivity (Wildman–Crippen MR) is 82.3 cm³/mol. The summed E-state index contributed by atoms with van der Waals surface area (Å²) in [6.45, 7) is 2.07. The van der Waals surface area contributed by atoms with Gasteiger partial charge in [0.25, 0.3) is 0 Å². The van der Waals surface area contributed by atoms with Crippen LogP contribution in [0.4, 0.5) is 0 Å². The van der Waals surface area contributed by atoms with Gasteiger partial charge >= 0.3 is 0 Å². The molecule has 2 rings (SSSR count). The zero-order valence-electron chi connectivity index (χ0n) is 12.4. The molecule has 3 N–H and O–H groups in total. The molecular weight excluding hydrogens is 232 g/mol. The number of rotatable bonds is 5. The maximum absolute atomic E-state index is 5.91. The number of hydrogen-bond acceptors (Lipinski definition) is 2. The number of nitrogens with one attached hydrogen (secondary N) is 1. The minimum atomic E-state index is 0.232. The second-order valence-corrected chi connectivity index (χ2v) is 6.06. The zero-order valence-corrected chi connectivity index (χ0v) is 12.4. The van der Waals surface area contributed by atoms with E-state index in [1.54, 1.807) is 0 Å². The van der Waals surface area contributed by atoms with Crippen molar-refractivity contribution in [3.05, 3.63) is 35.4 Å². The molecule has 1 saturated carbocycles. The number of benzene rings is 1. The maximum atomic E-state index is 5.91. The van der Waals surface area contributed by atoms with E-state index < -0.39 is 0 Å². The molecule has 2 atom stereocenters. The van der Waals surface area contributed by atoms with Crippen LogP contribution in [0.5, 0.6) is 0 Å². The van der Waals surface area contributed by atoms with Crippen molar-refractivity contribution < 1.29 is 0 Å². The van der Waals surface area contributed by atoms with Crippen LogP contribution in [-0.4, -0.2) is 13.1 Å². The van der Waals surface area contributed by atoms with Gasteiger partial charge in [0, 0.05) is 12.1 Å². The fourth-order valence-corrected chi connectivity index (χ4v) is 3.23. The summed E-state index contributed by atoms with van der Waals surface area (Å²) in [5.74, 6) is 0.796. The van der Waals surface area contributed by atoms with Crippen LogP contribution in [0.15, 0.2) is 24.3 Å². The van der Waals surface area contributed by atoms with Crippen LogP contribution < -0.4 is 11.1 Å². The first-order valence-corrected chi connectivity index (χ1v) is 7.73. The van der Waals surface area contributed by atoms with Gasteiger partial charge in [-0.2, -0.15) is 0 Å². The van der Waals surface area contributed by atoms with Crippen molar-refractivity contribution in [2.75, 3.05) is 7.05 Å². The Morgan fingerprint density at radius 1 is 1.16 bits per heavy atom. The minimum Gasteiger partial charge on any atom is -0.328 e. The van der Waals surface area contributed by atoms with E-state index in [-0.39, 0.29) is 6.04 Å². The molecule has 106 valence electrons. The highest BCUT2D eigenvalue weighted by molar-refractivity contribution is 5.27. The molecule has 0 aromatic heterocycles. The molecule has 1 aromatic carbocycles. The first-order chi connectivity index (χ1) is 9.20. The summed E-state index contributed by atoms with van der Waals surface area (Å²) in [5.41, 5.74) is 8.80. The van der Waals surface area contributed by atoms with Gasteiger partial charge in [-0.05, 0) is 50.3 Å². The molecule has 19 heavy (non-hydrogen) atoms. The monoisotopic (exact) mass is 260 g/mol. The summed E-state index contributed by atoms with van der Waals surface area (Å²) in [4.78, 5) is 0. The van der Waals surface area contributed by atoms with E-state index >= 15 is 0 Å². The molecule has 0 bridgehead atoms. The van der Waals surface area contributed by atoms with E-state index in [0.29, 0.717) is 6.04 Å². The van der Waals surface area contributed by atoms with Gasteiger partial charge in [-0.3, -0.25) is 0 Å². The molecule has 1 aliphatic rings. The largest absolute Gasteiger partial charge is 0.328 e. The van der Waals surface area contributed by atoms with Crippen LogP contribution >= 0.6 is 0 Å². The van der Waals surface area contributed by atoms with Crippen LogP contribution in [0.3, 0.4) is 0 Å². The van der Waals surface area contributed by atoms with Crippen molar-refractivity contribution in [1.29, 1.82) is 0 Å². The maximum Gasteiger partial charge on any atom is 0.0332 e. The molecular formula is C17H28N2. The van der Waals surface area contributed by atoms with Gasteiger partial charge in [-0.25, -0.2) is 0 Å². The molecule has 0 saturated heterocycles. The van der Waals surface area contributed by atoms with Gasteiger partial charge < -0.3 is 11.1 Å². The van der Waals surface area contributed by atoms with Crippen molar-refractivity contribution >= 4 is 0 Å². The smallest absolute Gasteiger partial charge is 0.0332 e. The van der Waals surface area contributed by atoms with Crippen molar-refractivity contribution in [2.24, 2.45) is 5.73 Å². The number of hydrogen-bond donors (Lipinski definition) is 2. The lowest BCUT2D eigenvalue weighted by molar-refractivity contribution is 0.443. The van der Waals surface area contributed by atoms with E-state index in [9.17, 15) is 0 Å². The third kappa shape index (κ3) is 4.05. The minimum absolute atomic E-state index is 0.232. The summed E-state index contributed by atoms with van der Waals surface area (Å²) in [6.07, 6.45) is 7.94. The quantitative estimate of drug-likeness (QED) is 0.846. The Morgan fingerprint density at radius 3 is 2.32 bits per heavy atom. The van der Waals surface area contributed by atoms with E-state index in [4.69, 9.17) is 5.73 Å². The van der Waals surface area contributed by atoms with Crippen LogP contribution in [0.1, 0.15) is 68.5 Å². The number of nitrogens with two attached hydrogens (primary N) is 1. The Balaban J connectivity index is 2.03. The van der Waals surface area contributed by atoms with Gasteiger partial charge in [-0.15, -0.1) is 0 Å². The SMILES string of the molecule is CNC(CC(C)N)c1ccc(C2CCCCC2)cc1. The summed E-state index contributed by atoms with van der Waals surface area (Å²) in [7, 11) is 2.02. The Bertz CT molecular complexity index is 363. The lowest BCUT2D eigenvalue weighted by Gasteiger charge is -2.23. The molecule has 1 aromatic rings. The van der Waals surface area contributed by atoms with Crippen molar-refractivity contribution in [1.82, 2.24) is 5.32 Å². The zero-order chi connectivity index (χ0) is 13.7. The molecule has 2 heteroatoms. The molecule has 0 aliphatic heterocycles. The summed E-state index contributed by atoms with van der Waals surface area (Å²) in [5, 5.41) is 3.37. The van der Waals surface area contributed by atoms with Crippen LogP contribution in [0, 0.1) is 0 Å². The van der Waals surface area contributed by atoms with Crippen molar-refractivity contribution in [2.45, 2.75) is 63.5 Å². The fraction of sp³-hybridized carbons (Fsp3) is 0.647. The van der Waals surface area contributed by atoms with Gasteiger partial charge in [0.1, 0.15) is 0 Å². The van der Waals surface area contributed by atoms with Crippen molar-refractivity contribution in [3.8, 4) is 0 Å². The normalized spacial score (nSPS) is 20.2. The average Bonchev–Trinajstić information content (AvgIpc) is 2.46. The molecule has 0 radical (unpaired) electrons. The second kappa shape index (κ2) is 7.06. The van der Waals surface area contributed by atoms with E-state index in [1.807, 2.05) is 7.05 Å². The predicted octanol–water partition coefficient (Wildman–Crippen LogP) is 3.73. The van der Waals surface area contributed by atoms with E-state index in [1.165, 1.54) is 43.2 Å². The lowest BCUT2D eigenvalue weighted by atomic mass is 9.83. The second-order valence-electron chi connectivity index (χ2n) is 6.06. The lowest BCUT2D eigenvalue weighted by Crippen LogP contribution is -2.25. The van der Waals surface area contributed by atoms with E-state index in [2.05, 4.69) is 36.5 Å². The summed E-state index contributed by atoms with van der Waals surface area (Å²) < 4.78 is 0. The molecule has 2 nitrogen and oxygen atoms in total. The average molecular weight is 260 g/mol. The summed E-state index contributed by atoms with van der Waals surface area (Å²) in [6, 6.07) is 9.84. The Morgan fingerprint density at radius 2 is 1.79 bits per heavy atom. The topological polar surface area (TPSA) is 38.0 Å². The van der Waals surface area contributed by atoms with Crippen molar-refractivity contribution in [3.63, 3.8) is 0 Å². The van der Waals surface area contributed by atoms with Gasteiger partial charge in [0.15, 0.2) is 0 Å². The highest BCUT2D eigenvalue weighted by atomic mass is 14.9. The van der Waals surface area contributed by atoms with E-state index in [0.717, 1.165) is 12.3 Å². The highest BCUT2D eigenvalue weighted by Crippen LogP contribution is 2.33.